The highest BCUT2D eigenvalue weighted by Crippen LogP contribution is 2.30. The summed E-state index contributed by atoms with van der Waals surface area (Å²) in [6.07, 6.45) is 1.49. The van der Waals surface area contributed by atoms with Gasteiger partial charge >= 0.3 is 5.97 Å². The van der Waals surface area contributed by atoms with Gasteiger partial charge in [0.1, 0.15) is 6.54 Å². The van der Waals surface area contributed by atoms with Crippen molar-refractivity contribution in [2.75, 3.05) is 5.32 Å². The Bertz CT molecular complexity index is 710. The summed E-state index contributed by atoms with van der Waals surface area (Å²) >= 11 is 6.15. The molecule has 2 aromatic rings. The van der Waals surface area contributed by atoms with E-state index in [4.69, 9.17) is 16.7 Å². The topological polar surface area (TPSA) is 84.2 Å². The number of carbonyl (C=O) groups excluding carboxylic acids is 1. The highest BCUT2D eigenvalue weighted by Gasteiger charge is 2.32. The lowest BCUT2D eigenvalue weighted by Crippen LogP contribution is -2.35. The van der Waals surface area contributed by atoms with Crippen molar-refractivity contribution in [3.8, 4) is 0 Å². The lowest BCUT2D eigenvalue weighted by Gasteiger charge is -2.24. The van der Waals surface area contributed by atoms with Gasteiger partial charge in [-0.05, 0) is 25.5 Å². The van der Waals surface area contributed by atoms with Crippen LogP contribution in [0.5, 0.6) is 0 Å². The molecular formula is C15H16ClN3O3. The number of carboxylic acid groups (broad SMARTS) is 1. The molecule has 1 aromatic carbocycles. The molecule has 6 nitrogen and oxygen atoms in total. The van der Waals surface area contributed by atoms with Crippen molar-refractivity contribution in [2.45, 2.75) is 25.8 Å². The third kappa shape index (κ3) is 3.46. The molecule has 0 bridgehead atoms. The van der Waals surface area contributed by atoms with Crippen LogP contribution in [0.3, 0.4) is 0 Å². The van der Waals surface area contributed by atoms with E-state index in [-0.39, 0.29) is 12.5 Å². The van der Waals surface area contributed by atoms with Gasteiger partial charge in [-0.25, -0.2) is 0 Å². The number of amides is 1. The third-order valence-corrected chi connectivity index (χ3v) is 3.62. The normalized spacial score (nSPS) is 11.2. The zero-order valence-electron chi connectivity index (χ0n) is 12.2. The summed E-state index contributed by atoms with van der Waals surface area (Å²) in [5.74, 6) is -0.982. The number of aromatic nitrogens is 2. The van der Waals surface area contributed by atoms with Gasteiger partial charge in [0.2, 0.25) is 5.91 Å². The van der Waals surface area contributed by atoms with E-state index in [2.05, 4.69) is 10.4 Å². The quantitative estimate of drug-likeness (QED) is 0.886. The summed E-state index contributed by atoms with van der Waals surface area (Å²) in [4.78, 5) is 23.1. The number of anilines is 1. The largest absolute Gasteiger partial charge is 0.480 e. The second-order valence-electron chi connectivity index (χ2n) is 5.35. The first-order chi connectivity index (χ1) is 10.3. The predicted octanol–water partition coefficient (Wildman–Crippen LogP) is 2.54. The average molecular weight is 322 g/mol. The van der Waals surface area contributed by atoms with Gasteiger partial charge in [0, 0.05) is 17.3 Å². The summed E-state index contributed by atoms with van der Waals surface area (Å²) in [7, 11) is 0. The molecule has 0 radical (unpaired) electrons. The van der Waals surface area contributed by atoms with Crippen LogP contribution in [0.1, 0.15) is 19.4 Å². The third-order valence-electron chi connectivity index (χ3n) is 3.29. The van der Waals surface area contributed by atoms with Gasteiger partial charge in [-0.2, -0.15) is 5.10 Å². The van der Waals surface area contributed by atoms with Crippen LogP contribution >= 0.6 is 11.6 Å². The highest BCUT2D eigenvalue weighted by atomic mass is 35.5. The van der Waals surface area contributed by atoms with Gasteiger partial charge in [0.05, 0.1) is 5.41 Å². The number of carboxylic acids is 1. The van der Waals surface area contributed by atoms with Crippen molar-refractivity contribution in [1.82, 2.24) is 9.78 Å². The van der Waals surface area contributed by atoms with Crippen LogP contribution < -0.4 is 5.32 Å². The van der Waals surface area contributed by atoms with Crippen molar-refractivity contribution in [1.29, 1.82) is 0 Å². The molecular weight excluding hydrogens is 306 g/mol. The number of nitrogens with one attached hydrogen (secondary N) is 1. The molecule has 7 heteroatoms. The minimum Gasteiger partial charge on any atom is -0.480 e. The van der Waals surface area contributed by atoms with Crippen molar-refractivity contribution < 1.29 is 14.7 Å². The highest BCUT2D eigenvalue weighted by molar-refractivity contribution is 6.31. The lowest BCUT2D eigenvalue weighted by atomic mass is 9.83. The summed E-state index contributed by atoms with van der Waals surface area (Å²) in [6.45, 7) is 3.26. The first-order valence-corrected chi connectivity index (χ1v) is 7.00. The molecule has 0 atom stereocenters. The van der Waals surface area contributed by atoms with Gasteiger partial charge in [-0.3, -0.25) is 14.3 Å². The number of hydrogen-bond acceptors (Lipinski definition) is 3. The van der Waals surface area contributed by atoms with E-state index in [1.807, 2.05) is 6.07 Å². The van der Waals surface area contributed by atoms with Crippen LogP contribution in [0.2, 0.25) is 5.02 Å². The smallest absolute Gasteiger partial charge is 0.325 e. The number of carbonyl (C=O) groups is 2. The van der Waals surface area contributed by atoms with Crippen molar-refractivity contribution in [2.24, 2.45) is 0 Å². The minimum absolute atomic E-state index is 0.260. The van der Waals surface area contributed by atoms with E-state index in [0.717, 1.165) is 0 Å². The number of benzene rings is 1. The molecule has 0 fully saturated rings. The number of nitrogens with zero attached hydrogens (tertiary/aromatic N) is 2. The second kappa shape index (κ2) is 6.19. The van der Waals surface area contributed by atoms with E-state index in [1.54, 1.807) is 38.1 Å². The molecule has 0 saturated heterocycles. The summed E-state index contributed by atoms with van der Waals surface area (Å²) in [6, 6.07) is 8.69. The van der Waals surface area contributed by atoms with E-state index in [9.17, 15) is 9.59 Å². The molecule has 0 spiro atoms. The molecule has 1 heterocycles. The number of rotatable bonds is 5. The molecule has 0 unspecified atom stereocenters. The number of halogens is 1. The predicted molar refractivity (Wildman–Crippen MR) is 83.0 cm³/mol. The Morgan fingerprint density at radius 2 is 2.00 bits per heavy atom. The monoisotopic (exact) mass is 321 g/mol. The van der Waals surface area contributed by atoms with Gasteiger partial charge in [0.15, 0.2) is 5.82 Å². The molecule has 0 aliphatic heterocycles. The maximum Gasteiger partial charge on any atom is 0.325 e. The standard InChI is InChI=1S/C15H16ClN3O3/c1-15(2,10-5-3-4-6-11(10)16)14(22)17-12-7-8-19(18-12)9-13(20)21/h3-8H,9H2,1-2H3,(H,20,21)(H,17,18,22). The zero-order valence-corrected chi connectivity index (χ0v) is 13.0. The van der Waals surface area contributed by atoms with Gasteiger partial charge < -0.3 is 10.4 Å². The fraction of sp³-hybridized carbons (Fsp3) is 0.267. The fourth-order valence-corrected chi connectivity index (χ4v) is 2.39. The SMILES string of the molecule is CC(C)(C(=O)Nc1ccn(CC(=O)O)n1)c1ccccc1Cl. The van der Waals surface area contributed by atoms with Gasteiger partial charge in [0.25, 0.3) is 0 Å². The van der Waals surface area contributed by atoms with Crippen molar-refractivity contribution in [3.05, 3.63) is 47.1 Å². The van der Waals surface area contributed by atoms with E-state index in [1.165, 1.54) is 10.9 Å². The molecule has 22 heavy (non-hydrogen) atoms. The number of aliphatic carboxylic acids is 1. The Labute approximate surface area is 132 Å². The fourth-order valence-electron chi connectivity index (χ4n) is 2.02. The van der Waals surface area contributed by atoms with Crippen molar-refractivity contribution in [3.63, 3.8) is 0 Å². The van der Waals surface area contributed by atoms with Gasteiger partial charge in [-0.15, -0.1) is 0 Å². The Morgan fingerprint density at radius 1 is 1.32 bits per heavy atom. The Hall–Kier alpha value is -2.34. The minimum atomic E-state index is -1.00. The molecule has 0 aliphatic rings. The molecule has 116 valence electrons. The van der Waals surface area contributed by atoms with E-state index >= 15 is 0 Å². The Morgan fingerprint density at radius 3 is 2.64 bits per heavy atom. The zero-order chi connectivity index (χ0) is 16.3. The lowest BCUT2D eigenvalue weighted by molar-refractivity contribution is -0.137. The van der Waals surface area contributed by atoms with Crippen LogP contribution in [0, 0.1) is 0 Å². The summed E-state index contributed by atoms with van der Waals surface area (Å²) in [5, 5.41) is 15.9. The van der Waals surface area contributed by atoms with Crippen LogP contribution in [-0.4, -0.2) is 26.8 Å². The second-order valence-corrected chi connectivity index (χ2v) is 5.76. The van der Waals surface area contributed by atoms with Crippen LogP contribution in [0.25, 0.3) is 0 Å². The molecule has 1 amide bonds. The first-order valence-electron chi connectivity index (χ1n) is 6.62. The molecule has 0 aliphatic carbocycles. The van der Waals surface area contributed by atoms with E-state index in [0.29, 0.717) is 16.4 Å². The molecule has 0 saturated carbocycles. The van der Waals surface area contributed by atoms with Crippen LogP contribution in [-0.2, 0) is 21.5 Å². The average Bonchev–Trinajstić information content (AvgIpc) is 2.85. The van der Waals surface area contributed by atoms with Gasteiger partial charge in [-0.1, -0.05) is 29.8 Å². The van der Waals surface area contributed by atoms with Crippen LogP contribution in [0.15, 0.2) is 36.5 Å². The Kier molecular flexibility index (Phi) is 4.51. The summed E-state index contributed by atoms with van der Waals surface area (Å²) in [5.41, 5.74) is -0.145. The van der Waals surface area contributed by atoms with Crippen molar-refractivity contribution >= 4 is 29.3 Å². The number of hydrogen-bond donors (Lipinski definition) is 2. The maximum atomic E-state index is 12.5. The molecule has 1 aromatic heterocycles. The molecule has 2 N–H and O–H groups in total. The maximum absolute atomic E-state index is 12.5. The first kappa shape index (κ1) is 16.0. The van der Waals surface area contributed by atoms with E-state index < -0.39 is 11.4 Å². The Balaban J connectivity index is 2.16. The van der Waals surface area contributed by atoms with Crippen LogP contribution in [0.4, 0.5) is 5.82 Å². The molecule has 2 rings (SSSR count). The summed E-state index contributed by atoms with van der Waals surface area (Å²) < 4.78 is 1.24.